The Kier molecular flexibility index (Phi) is 3.11. The van der Waals surface area contributed by atoms with Gasteiger partial charge in [-0.3, -0.25) is 4.90 Å². The molecule has 0 saturated carbocycles. The Bertz CT molecular complexity index is 701. The third-order valence-electron chi connectivity index (χ3n) is 3.84. The van der Waals surface area contributed by atoms with Crippen molar-refractivity contribution in [1.82, 2.24) is 0 Å². The van der Waals surface area contributed by atoms with E-state index < -0.39 is 0 Å². The van der Waals surface area contributed by atoms with Crippen molar-refractivity contribution in [1.29, 1.82) is 0 Å². The van der Waals surface area contributed by atoms with E-state index in [9.17, 15) is 4.79 Å². The van der Waals surface area contributed by atoms with E-state index in [0.29, 0.717) is 13.0 Å². The summed E-state index contributed by atoms with van der Waals surface area (Å²) in [7, 11) is 0. The number of hydrogen-bond donors (Lipinski definition) is 0. The van der Waals surface area contributed by atoms with Crippen LogP contribution < -0.4 is 14.4 Å². The van der Waals surface area contributed by atoms with Crippen LogP contribution in [-0.4, -0.2) is 25.5 Å². The molecule has 2 aliphatic rings. The summed E-state index contributed by atoms with van der Waals surface area (Å²) in [6, 6.07) is 15.4. The molecule has 0 radical (unpaired) electrons. The van der Waals surface area contributed by atoms with Crippen LogP contribution in [0.5, 0.6) is 11.5 Å². The molecule has 0 aliphatic carbocycles. The molecule has 1 unspecified atom stereocenters. The largest absolute Gasteiger partial charge is 0.454 e. The normalized spacial score (nSPS) is 19.4. The van der Waals surface area contributed by atoms with Gasteiger partial charge in [0.25, 0.3) is 0 Å². The number of fused-ring (bicyclic) bond motifs is 1. The highest BCUT2D eigenvalue weighted by Crippen LogP contribution is 2.33. The molecule has 5 nitrogen and oxygen atoms in total. The number of carbonyl (C=O) groups excluding carboxylic acids is 1. The Balaban J connectivity index is 1.47. The van der Waals surface area contributed by atoms with Crippen LogP contribution in [0.15, 0.2) is 48.5 Å². The van der Waals surface area contributed by atoms with Crippen molar-refractivity contribution in [3.05, 3.63) is 54.1 Å². The molecule has 112 valence electrons. The first-order chi connectivity index (χ1) is 10.8. The maximum Gasteiger partial charge on any atom is 0.414 e. The highest BCUT2D eigenvalue weighted by atomic mass is 16.7. The molecule has 1 fully saturated rings. The Labute approximate surface area is 128 Å². The topological polar surface area (TPSA) is 48.0 Å². The number of cyclic esters (lactones) is 1. The molecule has 5 heteroatoms. The van der Waals surface area contributed by atoms with Crippen LogP contribution in [0, 0.1) is 0 Å². The summed E-state index contributed by atoms with van der Waals surface area (Å²) in [5.74, 6) is 1.51. The molecule has 1 amide bonds. The van der Waals surface area contributed by atoms with Crippen molar-refractivity contribution in [2.45, 2.75) is 12.5 Å². The van der Waals surface area contributed by atoms with Gasteiger partial charge in [0.1, 0.15) is 6.10 Å². The lowest BCUT2D eigenvalue weighted by molar-refractivity contribution is 0.141. The van der Waals surface area contributed by atoms with Crippen LogP contribution in [-0.2, 0) is 11.2 Å². The van der Waals surface area contributed by atoms with Crippen LogP contribution in [0.2, 0.25) is 0 Å². The lowest BCUT2D eigenvalue weighted by Gasteiger charge is -2.12. The number of ether oxygens (including phenoxy) is 3. The number of hydrogen-bond acceptors (Lipinski definition) is 4. The van der Waals surface area contributed by atoms with Gasteiger partial charge in [-0.2, -0.15) is 0 Å². The first-order valence-corrected chi connectivity index (χ1v) is 7.21. The van der Waals surface area contributed by atoms with Crippen molar-refractivity contribution in [3.63, 3.8) is 0 Å². The molecule has 0 bridgehead atoms. The van der Waals surface area contributed by atoms with Crippen molar-refractivity contribution >= 4 is 11.8 Å². The minimum atomic E-state index is -0.294. The zero-order chi connectivity index (χ0) is 14.9. The fourth-order valence-corrected chi connectivity index (χ4v) is 2.78. The average molecular weight is 297 g/mol. The molecule has 22 heavy (non-hydrogen) atoms. The smallest absolute Gasteiger partial charge is 0.414 e. The summed E-state index contributed by atoms with van der Waals surface area (Å²) in [6.07, 6.45) is 0.205. The van der Waals surface area contributed by atoms with Crippen LogP contribution in [0.4, 0.5) is 10.5 Å². The van der Waals surface area contributed by atoms with E-state index in [1.807, 2.05) is 48.5 Å². The maximum absolute atomic E-state index is 12.0. The number of rotatable bonds is 3. The molecule has 0 N–H and O–H groups in total. The zero-order valence-corrected chi connectivity index (χ0v) is 11.9. The highest BCUT2D eigenvalue weighted by Gasteiger charge is 2.32. The maximum atomic E-state index is 12.0. The van der Waals surface area contributed by atoms with Gasteiger partial charge in [0.2, 0.25) is 6.79 Å². The second-order valence-corrected chi connectivity index (χ2v) is 5.34. The van der Waals surface area contributed by atoms with Crippen molar-refractivity contribution in [2.24, 2.45) is 0 Å². The fraction of sp³-hybridized carbons (Fsp3) is 0.235. The van der Waals surface area contributed by atoms with E-state index in [1.54, 1.807) is 4.90 Å². The van der Waals surface area contributed by atoms with E-state index in [2.05, 4.69) is 0 Å². The standard InChI is InChI=1S/C17H15NO4/c19-17-18(13-4-2-1-3-5-13)10-14(22-17)8-12-6-7-15-16(9-12)21-11-20-15/h1-7,9,14H,8,10-11H2. The van der Waals surface area contributed by atoms with Crippen molar-refractivity contribution in [3.8, 4) is 11.5 Å². The number of carbonyl (C=O) groups is 1. The van der Waals surface area contributed by atoms with Gasteiger partial charge < -0.3 is 14.2 Å². The molecule has 0 spiro atoms. The second-order valence-electron chi connectivity index (χ2n) is 5.34. The quantitative estimate of drug-likeness (QED) is 0.874. The number of amides is 1. The summed E-state index contributed by atoms with van der Waals surface area (Å²) in [6.45, 7) is 0.816. The van der Waals surface area contributed by atoms with E-state index in [-0.39, 0.29) is 19.0 Å². The van der Waals surface area contributed by atoms with E-state index in [1.165, 1.54) is 0 Å². The van der Waals surface area contributed by atoms with Gasteiger partial charge in [-0.05, 0) is 29.8 Å². The fourth-order valence-electron chi connectivity index (χ4n) is 2.78. The zero-order valence-electron chi connectivity index (χ0n) is 11.9. The van der Waals surface area contributed by atoms with Gasteiger partial charge in [-0.15, -0.1) is 0 Å². The molecule has 1 saturated heterocycles. The van der Waals surface area contributed by atoms with Gasteiger partial charge >= 0.3 is 6.09 Å². The summed E-state index contributed by atoms with van der Waals surface area (Å²) < 4.78 is 16.1. The van der Waals surface area contributed by atoms with Crippen molar-refractivity contribution in [2.75, 3.05) is 18.2 Å². The molecule has 2 aromatic rings. The Morgan fingerprint density at radius 1 is 1.05 bits per heavy atom. The molecule has 4 rings (SSSR count). The van der Waals surface area contributed by atoms with Crippen LogP contribution in [0.1, 0.15) is 5.56 Å². The molecule has 2 aliphatic heterocycles. The molecular formula is C17H15NO4. The first kappa shape index (κ1) is 13.0. The minimum absolute atomic E-state index is 0.159. The monoisotopic (exact) mass is 297 g/mol. The Hall–Kier alpha value is -2.69. The molecule has 2 aromatic carbocycles. The van der Waals surface area contributed by atoms with E-state index in [0.717, 1.165) is 22.7 Å². The number of para-hydroxylation sites is 1. The Morgan fingerprint density at radius 3 is 2.73 bits per heavy atom. The molecule has 1 atom stereocenters. The molecular weight excluding hydrogens is 282 g/mol. The number of nitrogens with zero attached hydrogens (tertiary/aromatic N) is 1. The second kappa shape index (κ2) is 5.26. The van der Waals surface area contributed by atoms with E-state index >= 15 is 0 Å². The summed E-state index contributed by atoms with van der Waals surface area (Å²) in [4.78, 5) is 13.7. The van der Waals surface area contributed by atoms with Crippen LogP contribution >= 0.6 is 0 Å². The predicted molar refractivity (Wildman–Crippen MR) is 80.3 cm³/mol. The van der Waals surface area contributed by atoms with Crippen molar-refractivity contribution < 1.29 is 19.0 Å². The van der Waals surface area contributed by atoms with Gasteiger partial charge in [0.05, 0.1) is 6.54 Å². The molecule has 0 aromatic heterocycles. The van der Waals surface area contributed by atoms with Crippen LogP contribution in [0.3, 0.4) is 0 Å². The van der Waals surface area contributed by atoms with Crippen LogP contribution in [0.25, 0.3) is 0 Å². The third kappa shape index (κ3) is 2.35. The first-order valence-electron chi connectivity index (χ1n) is 7.21. The number of benzene rings is 2. The lowest BCUT2D eigenvalue weighted by atomic mass is 10.1. The third-order valence-corrected chi connectivity index (χ3v) is 3.84. The molecule has 2 heterocycles. The van der Waals surface area contributed by atoms with Gasteiger partial charge in [0.15, 0.2) is 11.5 Å². The van der Waals surface area contributed by atoms with E-state index in [4.69, 9.17) is 14.2 Å². The van der Waals surface area contributed by atoms with Gasteiger partial charge in [-0.1, -0.05) is 24.3 Å². The Morgan fingerprint density at radius 2 is 1.86 bits per heavy atom. The lowest BCUT2D eigenvalue weighted by Crippen LogP contribution is -2.24. The highest BCUT2D eigenvalue weighted by molar-refractivity contribution is 5.89. The predicted octanol–water partition coefficient (Wildman–Crippen LogP) is 2.98. The van der Waals surface area contributed by atoms with Gasteiger partial charge in [-0.25, -0.2) is 4.79 Å². The summed E-state index contributed by atoms with van der Waals surface area (Å²) >= 11 is 0. The SMILES string of the molecule is O=C1OC(Cc2ccc3c(c2)OCO3)CN1c1ccccc1. The summed E-state index contributed by atoms with van der Waals surface area (Å²) in [5, 5.41) is 0. The minimum Gasteiger partial charge on any atom is -0.454 e. The average Bonchev–Trinajstić information content (AvgIpc) is 3.14. The number of anilines is 1. The summed E-state index contributed by atoms with van der Waals surface area (Å²) in [5.41, 5.74) is 1.93. The van der Waals surface area contributed by atoms with Gasteiger partial charge in [0, 0.05) is 12.1 Å².